The van der Waals surface area contributed by atoms with Crippen LogP contribution in [-0.2, 0) is 11.3 Å². The Balaban J connectivity index is 1.89. The predicted octanol–water partition coefficient (Wildman–Crippen LogP) is 3.03. The summed E-state index contributed by atoms with van der Waals surface area (Å²) >= 11 is 3.57. The van der Waals surface area contributed by atoms with Crippen molar-refractivity contribution >= 4 is 21.6 Å². The fourth-order valence-electron chi connectivity index (χ4n) is 2.37. The largest absolute Gasteiger partial charge is 0.399 e. The molecule has 1 atom stereocenters. The van der Waals surface area contributed by atoms with Crippen molar-refractivity contribution in [2.24, 2.45) is 0 Å². The highest BCUT2D eigenvalue weighted by atomic mass is 79.9. The highest BCUT2D eigenvalue weighted by Crippen LogP contribution is 2.21. The van der Waals surface area contributed by atoms with Crippen LogP contribution in [0.1, 0.15) is 24.8 Å². The first kappa shape index (κ1) is 13.8. The number of benzene rings is 1. The third kappa shape index (κ3) is 3.97. The van der Waals surface area contributed by atoms with Gasteiger partial charge in [0.2, 0.25) is 0 Å². The zero-order valence-electron chi connectivity index (χ0n) is 10.9. The number of ether oxygens (including phenoxy) is 1. The van der Waals surface area contributed by atoms with Gasteiger partial charge in [0.1, 0.15) is 0 Å². The van der Waals surface area contributed by atoms with Crippen molar-refractivity contribution in [1.29, 1.82) is 0 Å². The summed E-state index contributed by atoms with van der Waals surface area (Å²) in [6.07, 6.45) is 4.08. The molecule has 1 aromatic carbocycles. The Bertz CT molecular complexity index is 391. The van der Waals surface area contributed by atoms with Gasteiger partial charge >= 0.3 is 0 Å². The van der Waals surface area contributed by atoms with E-state index in [1.807, 2.05) is 18.2 Å². The van der Waals surface area contributed by atoms with E-state index in [-0.39, 0.29) is 0 Å². The first-order valence-electron chi connectivity index (χ1n) is 6.49. The lowest BCUT2D eigenvalue weighted by Gasteiger charge is -2.27. The molecule has 0 radical (unpaired) electrons. The van der Waals surface area contributed by atoms with Crippen LogP contribution in [0.4, 0.5) is 5.69 Å². The van der Waals surface area contributed by atoms with Crippen LogP contribution >= 0.6 is 15.9 Å². The van der Waals surface area contributed by atoms with E-state index in [9.17, 15) is 0 Å². The smallest absolute Gasteiger partial charge is 0.0702 e. The molecule has 0 saturated carbocycles. The van der Waals surface area contributed by atoms with Crippen LogP contribution in [-0.4, -0.2) is 31.2 Å². The number of likely N-dealkylation sites (N-methyl/N-ethyl adjacent to an activating group) is 1. The van der Waals surface area contributed by atoms with E-state index in [0.29, 0.717) is 6.10 Å². The van der Waals surface area contributed by atoms with Crippen molar-refractivity contribution in [1.82, 2.24) is 4.90 Å². The molecular formula is C14H21BrN2O. The van der Waals surface area contributed by atoms with Crippen molar-refractivity contribution in [2.45, 2.75) is 31.9 Å². The van der Waals surface area contributed by atoms with Gasteiger partial charge in [0.25, 0.3) is 0 Å². The van der Waals surface area contributed by atoms with Gasteiger partial charge in [0.15, 0.2) is 0 Å². The molecule has 1 aliphatic heterocycles. The molecule has 1 saturated heterocycles. The quantitative estimate of drug-likeness (QED) is 0.869. The summed E-state index contributed by atoms with van der Waals surface area (Å²) in [5, 5.41) is 0. The van der Waals surface area contributed by atoms with Crippen LogP contribution < -0.4 is 5.73 Å². The summed E-state index contributed by atoms with van der Waals surface area (Å²) in [5.74, 6) is 0. The topological polar surface area (TPSA) is 38.5 Å². The summed E-state index contributed by atoms with van der Waals surface area (Å²) in [7, 11) is 2.13. The highest BCUT2D eigenvalue weighted by molar-refractivity contribution is 9.10. The van der Waals surface area contributed by atoms with E-state index in [4.69, 9.17) is 10.5 Å². The molecule has 0 amide bonds. The summed E-state index contributed by atoms with van der Waals surface area (Å²) in [6, 6.07) is 5.95. The van der Waals surface area contributed by atoms with E-state index in [1.165, 1.54) is 24.8 Å². The normalized spacial score (nSPS) is 20.3. The molecule has 0 aromatic heterocycles. The summed E-state index contributed by atoms with van der Waals surface area (Å²) < 4.78 is 6.88. The van der Waals surface area contributed by atoms with E-state index >= 15 is 0 Å². The number of rotatable bonds is 4. The maximum absolute atomic E-state index is 5.82. The molecule has 100 valence electrons. The number of halogens is 1. The number of hydrogen-bond acceptors (Lipinski definition) is 3. The van der Waals surface area contributed by atoms with Gasteiger partial charge in [-0.1, -0.05) is 15.9 Å². The lowest BCUT2D eigenvalue weighted by atomic mass is 10.1. The van der Waals surface area contributed by atoms with Gasteiger partial charge in [0.05, 0.1) is 6.10 Å². The molecule has 1 aliphatic rings. The van der Waals surface area contributed by atoms with Crippen molar-refractivity contribution in [3.63, 3.8) is 0 Å². The van der Waals surface area contributed by atoms with Crippen LogP contribution in [0.25, 0.3) is 0 Å². The van der Waals surface area contributed by atoms with Crippen LogP contribution in [0.3, 0.4) is 0 Å². The molecule has 2 N–H and O–H groups in total. The Labute approximate surface area is 117 Å². The van der Waals surface area contributed by atoms with Gasteiger partial charge in [-0.15, -0.1) is 0 Å². The van der Waals surface area contributed by atoms with Crippen LogP contribution in [0.2, 0.25) is 0 Å². The van der Waals surface area contributed by atoms with Gasteiger partial charge in [-0.25, -0.2) is 0 Å². The van der Waals surface area contributed by atoms with E-state index in [1.54, 1.807) is 0 Å². The summed E-state index contributed by atoms with van der Waals surface area (Å²) in [6.45, 7) is 2.80. The zero-order chi connectivity index (χ0) is 13.0. The molecular weight excluding hydrogens is 292 g/mol. The minimum Gasteiger partial charge on any atom is -0.399 e. The molecule has 4 heteroatoms. The second-order valence-corrected chi connectivity index (χ2v) is 5.89. The second-order valence-electron chi connectivity index (χ2n) is 5.04. The molecule has 0 spiro atoms. The van der Waals surface area contributed by atoms with E-state index in [2.05, 4.69) is 27.9 Å². The Kier molecular flexibility index (Phi) is 5.03. The lowest BCUT2D eigenvalue weighted by molar-refractivity contribution is -0.00261. The number of nitrogens with zero attached hydrogens (tertiary/aromatic N) is 1. The molecule has 3 nitrogen and oxygen atoms in total. The molecule has 2 rings (SSSR count). The Hall–Kier alpha value is -0.580. The lowest BCUT2D eigenvalue weighted by Crippen LogP contribution is -2.33. The first-order valence-corrected chi connectivity index (χ1v) is 7.28. The number of hydrogen-bond donors (Lipinski definition) is 1. The average Bonchev–Trinajstić information content (AvgIpc) is 2.35. The third-order valence-corrected chi connectivity index (χ3v) is 4.07. The first-order chi connectivity index (χ1) is 8.65. The summed E-state index contributed by atoms with van der Waals surface area (Å²) in [4.78, 5) is 2.30. The molecule has 0 aliphatic carbocycles. The molecule has 1 heterocycles. The number of nitrogens with two attached hydrogens (primary N) is 1. The standard InChI is InChI=1S/C14H21BrN2O/c1-17(10-13-4-2-3-7-18-13)9-11-8-12(16)5-6-14(11)15/h5-6,8,13H,2-4,7,9-10,16H2,1H3. The minimum absolute atomic E-state index is 0.392. The van der Waals surface area contributed by atoms with E-state index < -0.39 is 0 Å². The van der Waals surface area contributed by atoms with Gasteiger partial charge in [-0.05, 0) is 50.1 Å². The Morgan fingerprint density at radius 3 is 3.00 bits per heavy atom. The van der Waals surface area contributed by atoms with Gasteiger partial charge in [-0.3, -0.25) is 4.90 Å². The van der Waals surface area contributed by atoms with E-state index in [0.717, 1.165) is 29.9 Å². The van der Waals surface area contributed by atoms with Crippen LogP contribution in [0.15, 0.2) is 22.7 Å². The van der Waals surface area contributed by atoms with Gasteiger partial charge in [0, 0.05) is 29.9 Å². The van der Waals surface area contributed by atoms with Crippen molar-refractivity contribution in [2.75, 3.05) is 25.9 Å². The maximum Gasteiger partial charge on any atom is 0.0702 e. The number of nitrogen functional groups attached to an aromatic ring is 1. The van der Waals surface area contributed by atoms with Crippen molar-refractivity contribution < 1.29 is 4.74 Å². The van der Waals surface area contributed by atoms with Gasteiger partial charge < -0.3 is 10.5 Å². The second kappa shape index (κ2) is 6.55. The Morgan fingerprint density at radius 2 is 2.28 bits per heavy atom. The van der Waals surface area contributed by atoms with Crippen molar-refractivity contribution in [3.8, 4) is 0 Å². The predicted molar refractivity (Wildman–Crippen MR) is 78.5 cm³/mol. The molecule has 1 aromatic rings. The SMILES string of the molecule is CN(Cc1cc(N)ccc1Br)CC1CCCCO1. The average molecular weight is 313 g/mol. The van der Waals surface area contributed by atoms with Crippen molar-refractivity contribution in [3.05, 3.63) is 28.2 Å². The fraction of sp³-hybridized carbons (Fsp3) is 0.571. The van der Waals surface area contributed by atoms with Crippen LogP contribution in [0.5, 0.6) is 0 Å². The minimum atomic E-state index is 0.392. The third-order valence-electron chi connectivity index (χ3n) is 3.30. The fourth-order valence-corrected chi connectivity index (χ4v) is 2.74. The van der Waals surface area contributed by atoms with Gasteiger partial charge in [-0.2, -0.15) is 0 Å². The molecule has 1 fully saturated rings. The summed E-state index contributed by atoms with van der Waals surface area (Å²) in [5.41, 5.74) is 7.87. The van der Waals surface area contributed by atoms with Crippen LogP contribution in [0, 0.1) is 0 Å². The molecule has 1 unspecified atom stereocenters. The monoisotopic (exact) mass is 312 g/mol. The maximum atomic E-state index is 5.82. The molecule has 18 heavy (non-hydrogen) atoms. The number of anilines is 1. The zero-order valence-corrected chi connectivity index (χ0v) is 12.4. The highest BCUT2D eigenvalue weighted by Gasteiger charge is 2.16. The Morgan fingerprint density at radius 1 is 1.44 bits per heavy atom. The molecule has 0 bridgehead atoms.